The van der Waals surface area contributed by atoms with Gasteiger partial charge < -0.3 is 20.1 Å². The summed E-state index contributed by atoms with van der Waals surface area (Å²) in [6.07, 6.45) is 1.45. The summed E-state index contributed by atoms with van der Waals surface area (Å²) < 4.78 is 24.2. The second kappa shape index (κ2) is 8.85. The molecule has 0 unspecified atom stereocenters. The number of nitrogens with zero attached hydrogens (tertiary/aromatic N) is 1. The van der Waals surface area contributed by atoms with Gasteiger partial charge >= 0.3 is 0 Å². The number of carbonyl (C=O) groups excluding carboxylic acids is 1. The van der Waals surface area contributed by atoms with E-state index >= 15 is 0 Å². The van der Waals surface area contributed by atoms with Crippen molar-refractivity contribution in [3.63, 3.8) is 0 Å². The molecule has 3 aromatic rings. The van der Waals surface area contributed by atoms with Gasteiger partial charge in [0.15, 0.2) is 0 Å². The molecular weight excluding hydrogens is 361 g/mol. The molecule has 0 bridgehead atoms. The van der Waals surface area contributed by atoms with E-state index in [4.69, 9.17) is 9.47 Å². The van der Waals surface area contributed by atoms with Gasteiger partial charge in [0.1, 0.15) is 23.1 Å². The number of halogens is 1. The lowest BCUT2D eigenvalue weighted by molar-refractivity contribution is 0.0950. The van der Waals surface area contributed by atoms with Crippen LogP contribution in [-0.4, -0.2) is 25.1 Å². The Balaban J connectivity index is 1.66. The zero-order valence-electron chi connectivity index (χ0n) is 15.5. The number of carbonyl (C=O) groups is 1. The van der Waals surface area contributed by atoms with Crippen molar-refractivity contribution in [2.75, 3.05) is 19.5 Å². The molecule has 0 saturated heterocycles. The Morgan fingerprint density at radius 1 is 1.07 bits per heavy atom. The summed E-state index contributed by atoms with van der Waals surface area (Å²) in [5.41, 5.74) is 1.48. The molecule has 1 heterocycles. The highest BCUT2D eigenvalue weighted by molar-refractivity contribution is 5.94. The van der Waals surface area contributed by atoms with Crippen molar-refractivity contribution in [2.45, 2.75) is 6.54 Å². The van der Waals surface area contributed by atoms with Crippen molar-refractivity contribution in [3.8, 4) is 11.5 Å². The first-order valence-electron chi connectivity index (χ1n) is 8.57. The van der Waals surface area contributed by atoms with Crippen LogP contribution in [0.2, 0.25) is 0 Å². The number of hydrogen-bond acceptors (Lipinski definition) is 5. The van der Waals surface area contributed by atoms with E-state index in [2.05, 4.69) is 15.6 Å². The molecular formula is C21H20FN3O3. The minimum Gasteiger partial charge on any atom is -0.497 e. The lowest BCUT2D eigenvalue weighted by atomic mass is 10.2. The second-order valence-corrected chi connectivity index (χ2v) is 5.90. The van der Waals surface area contributed by atoms with Crippen molar-refractivity contribution in [1.29, 1.82) is 0 Å². The molecule has 1 amide bonds. The summed E-state index contributed by atoms with van der Waals surface area (Å²) in [6, 6.07) is 15.0. The molecule has 0 atom stereocenters. The standard InChI is InChI=1S/C21H20FN3O3/c1-27-16-8-9-19(28-2)18(11-16)25-20-10-7-15(13-23-20)21(26)24-12-14-5-3-4-6-17(14)22/h3-11,13H,12H2,1-2H3,(H,23,25)(H,24,26). The maximum absolute atomic E-state index is 13.6. The number of pyridine rings is 1. The average molecular weight is 381 g/mol. The van der Waals surface area contributed by atoms with Gasteiger partial charge in [0.25, 0.3) is 5.91 Å². The van der Waals surface area contributed by atoms with Crippen molar-refractivity contribution >= 4 is 17.4 Å². The summed E-state index contributed by atoms with van der Waals surface area (Å²) in [6.45, 7) is 0.104. The van der Waals surface area contributed by atoms with Gasteiger partial charge in [-0.1, -0.05) is 18.2 Å². The Morgan fingerprint density at radius 2 is 1.89 bits per heavy atom. The average Bonchev–Trinajstić information content (AvgIpc) is 2.73. The largest absolute Gasteiger partial charge is 0.497 e. The maximum atomic E-state index is 13.6. The van der Waals surface area contributed by atoms with Gasteiger partial charge in [0.05, 0.1) is 25.5 Å². The van der Waals surface area contributed by atoms with Crippen LogP contribution in [0.4, 0.5) is 15.9 Å². The first kappa shape index (κ1) is 19.2. The van der Waals surface area contributed by atoms with Gasteiger partial charge in [-0.25, -0.2) is 9.37 Å². The zero-order chi connectivity index (χ0) is 19.9. The van der Waals surface area contributed by atoms with E-state index in [1.165, 1.54) is 12.3 Å². The van der Waals surface area contributed by atoms with Gasteiger partial charge in [-0.15, -0.1) is 0 Å². The smallest absolute Gasteiger partial charge is 0.253 e. The van der Waals surface area contributed by atoms with Crippen LogP contribution < -0.4 is 20.1 Å². The molecule has 2 aromatic carbocycles. The molecule has 28 heavy (non-hydrogen) atoms. The van der Waals surface area contributed by atoms with E-state index < -0.39 is 0 Å². The Bertz CT molecular complexity index is 961. The molecule has 0 spiro atoms. The first-order chi connectivity index (χ1) is 13.6. The monoisotopic (exact) mass is 381 g/mol. The zero-order valence-corrected chi connectivity index (χ0v) is 15.5. The Kier molecular flexibility index (Phi) is 6.06. The predicted molar refractivity (Wildman–Crippen MR) is 105 cm³/mol. The van der Waals surface area contributed by atoms with E-state index in [9.17, 15) is 9.18 Å². The van der Waals surface area contributed by atoms with Crippen molar-refractivity contribution < 1.29 is 18.7 Å². The number of methoxy groups -OCH3 is 2. The fourth-order valence-corrected chi connectivity index (χ4v) is 2.57. The van der Waals surface area contributed by atoms with Gasteiger partial charge in [0, 0.05) is 24.4 Å². The van der Waals surface area contributed by atoms with Crippen LogP contribution in [0, 0.1) is 5.82 Å². The van der Waals surface area contributed by atoms with Crippen molar-refractivity contribution in [3.05, 3.63) is 77.7 Å². The third-order valence-corrected chi connectivity index (χ3v) is 4.09. The second-order valence-electron chi connectivity index (χ2n) is 5.90. The molecule has 0 aliphatic heterocycles. The molecule has 0 aliphatic carbocycles. The highest BCUT2D eigenvalue weighted by Crippen LogP contribution is 2.30. The normalized spacial score (nSPS) is 10.2. The third kappa shape index (κ3) is 4.56. The van der Waals surface area contributed by atoms with Crippen molar-refractivity contribution in [1.82, 2.24) is 10.3 Å². The molecule has 2 N–H and O–H groups in total. The first-order valence-corrected chi connectivity index (χ1v) is 8.57. The van der Waals surface area contributed by atoms with Gasteiger partial charge in [-0.05, 0) is 30.3 Å². The van der Waals surface area contributed by atoms with E-state index in [1.807, 2.05) is 0 Å². The van der Waals surface area contributed by atoms with Crippen LogP contribution in [0.5, 0.6) is 11.5 Å². The molecule has 144 valence electrons. The van der Waals surface area contributed by atoms with Gasteiger partial charge in [-0.3, -0.25) is 4.79 Å². The van der Waals surface area contributed by atoms with Crippen LogP contribution in [0.15, 0.2) is 60.8 Å². The van der Waals surface area contributed by atoms with E-state index in [-0.39, 0.29) is 18.3 Å². The van der Waals surface area contributed by atoms with E-state index in [0.29, 0.717) is 34.1 Å². The summed E-state index contributed by atoms with van der Waals surface area (Å²) in [7, 11) is 3.15. The predicted octanol–water partition coefficient (Wildman–Crippen LogP) is 3.91. The fraction of sp³-hybridized carbons (Fsp3) is 0.143. The maximum Gasteiger partial charge on any atom is 0.253 e. The van der Waals surface area contributed by atoms with Crippen LogP contribution in [0.3, 0.4) is 0 Å². The molecule has 0 radical (unpaired) electrons. The molecule has 3 rings (SSSR count). The minimum atomic E-state index is -0.354. The SMILES string of the molecule is COc1ccc(OC)c(Nc2ccc(C(=O)NCc3ccccc3F)cn2)c1. The number of amides is 1. The molecule has 1 aromatic heterocycles. The van der Waals surface area contributed by atoms with Gasteiger partial charge in [0.2, 0.25) is 0 Å². The third-order valence-electron chi connectivity index (χ3n) is 4.09. The van der Waals surface area contributed by atoms with E-state index in [0.717, 1.165) is 0 Å². The topological polar surface area (TPSA) is 72.5 Å². The van der Waals surface area contributed by atoms with Gasteiger partial charge in [-0.2, -0.15) is 0 Å². The highest BCUT2D eigenvalue weighted by atomic mass is 19.1. The molecule has 6 nitrogen and oxygen atoms in total. The van der Waals surface area contributed by atoms with Crippen LogP contribution in [-0.2, 0) is 6.54 Å². The van der Waals surface area contributed by atoms with E-state index in [1.54, 1.807) is 62.8 Å². The number of aromatic nitrogens is 1. The quantitative estimate of drug-likeness (QED) is 0.649. The molecule has 7 heteroatoms. The fourth-order valence-electron chi connectivity index (χ4n) is 2.57. The molecule has 0 saturated carbocycles. The number of rotatable bonds is 7. The number of ether oxygens (including phenoxy) is 2. The Morgan fingerprint density at radius 3 is 2.57 bits per heavy atom. The Hall–Kier alpha value is -3.61. The Labute approximate surface area is 162 Å². The number of benzene rings is 2. The minimum absolute atomic E-state index is 0.104. The molecule has 0 fully saturated rings. The van der Waals surface area contributed by atoms with Crippen LogP contribution >= 0.6 is 0 Å². The number of hydrogen-bond donors (Lipinski definition) is 2. The van der Waals surface area contributed by atoms with Crippen LogP contribution in [0.25, 0.3) is 0 Å². The lowest BCUT2D eigenvalue weighted by Crippen LogP contribution is -2.23. The summed E-state index contributed by atoms with van der Waals surface area (Å²) in [5.74, 6) is 1.16. The summed E-state index contributed by atoms with van der Waals surface area (Å²) in [4.78, 5) is 16.5. The number of nitrogens with one attached hydrogen (secondary N) is 2. The van der Waals surface area contributed by atoms with Crippen LogP contribution in [0.1, 0.15) is 15.9 Å². The highest BCUT2D eigenvalue weighted by Gasteiger charge is 2.10. The molecule has 0 aliphatic rings. The lowest BCUT2D eigenvalue weighted by Gasteiger charge is -2.12. The number of anilines is 2. The summed E-state index contributed by atoms with van der Waals surface area (Å²) in [5, 5.41) is 5.81. The van der Waals surface area contributed by atoms with Crippen molar-refractivity contribution in [2.24, 2.45) is 0 Å². The summed E-state index contributed by atoms with van der Waals surface area (Å²) >= 11 is 0.